The average molecular weight is 572 g/mol. The van der Waals surface area contributed by atoms with Crippen molar-refractivity contribution in [2.75, 3.05) is 23.7 Å². The third-order valence-corrected chi connectivity index (χ3v) is 8.24. The molecule has 6 rings (SSSR count). The third kappa shape index (κ3) is 6.52. The second-order valence-electron chi connectivity index (χ2n) is 11.2. The third-order valence-electron chi connectivity index (χ3n) is 8.24. The summed E-state index contributed by atoms with van der Waals surface area (Å²) in [6.07, 6.45) is 8.04. The number of hydrogen-bond acceptors (Lipinski definition) is 5. The van der Waals surface area contributed by atoms with Crippen LogP contribution < -0.4 is 16.0 Å². The Morgan fingerprint density at radius 1 is 0.907 bits per heavy atom. The molecule has 7 heteroatoms. The van der Waals surface area contributed by atoms with Gasteiger partial charge in [-0.1, -0.05) is 55.8 Å². The van der Waals surface area contributed by atoms with E-state index in [2.05, 4.69) is 57.0 Å². The maximum absolute atomic E-state index is 13.5. The molecule has 1 saturated heterocycles. The smallest absolute Gasteiger partial charge is 0.258 e. The zero-order valence-corrected chi connectivity index (χ0v) is 24.5. The molecule has 2 amide bonds. The molecule has 2 aliphatic heterocycles. The SMILES string of the molecule is CC[C@H](NC(=O)c1ccc2c(c1)/C(=C(/Nc1ccc(CN3CCCCC3)cc1)c1ccncc1)C(=O)N2)c1ccccc1. The number of pyridine rings is 1. The summed E-state index contributed by atoms with van der Waals surface area (Å²) < 4.78 is 0. The van der Waals surface area contributed by atoms with Crippen molar-refractivity contribution in [1.29, 1.82) is 0 Å². The first kappa shape index (κ1) is 28.4. The van der Waals surface area contributed by atoms with Crippen LogP contribution in [0.3, 0.4) is 0 Å². The second kappa shape index (κ2) is 13.0. The zero-order valence-electron chi connectivity index (χ0n) is 24.5. The first-order valence-electron chi connectivity index (χ1n) is 15.1. The van der Waals surface area contributed by atoms with Gasteiger partial charge in [-0.3, -0.25) is 19.5 Å². The fraction of sp³-hybridized carbons (Fsp3) is 0.250. The number of nitrogens with zero attached hydrogens (tertiary/aromatic N) is 2. The molecule has 1 aromatic heterocycles. The molecule has 2 aliphatic rings. The van der Waals surface area contributed by atoms with Crippen LogP contribution in [0, 0.1) is 0 Å². The number of aromatic nitrogens is 1. The highest BCUT2D eigenvalue weighted by atomic mass is 16.2. The van der Waals surface area contributed by atoms with Crippen LogP contribution in [0.5, 0.6) is 0 Å². The molecule has 0 bridgehead atoms. The minimum atomic E-state index is -0.218. The fourth-order valence-electron chi connectivity index (χ4n) is 5.92. The van der Waals surface area contributed by atoms with E-state index < -0.39 is 0 Å². The van der Waals surface area contributed by atoms with Crippen molar-refractivity contribution in [2.45, 2.75) is 45.2 Å². The van der Waals surface area contributed by atoms with Gasteiger partial charge in [-0.15, -0.1) is 0 Å². The van der Waals surface area contributed by atoms with E-state index in [4.69, 9.17) is 0 Å². The monoisotopic (exact) mass is 571 g/mol. The molecule has 0 saturated carbocycles. The molecular weight excluding hydrogens is 534 g/mol. The van der Waals surface area contributed by atoms with Crippen LogP contribution >= 0.6 is 0 Å². The van der Waals surface area contributed by atoms with Crippen molar-refractivity contribution in [3.63, 3.8) is 0 Å². The van der Waals surface area contributed by atoms with E-state index in [0.29, 0.717) is 28.1 Å². The molecule has 43 heavy (non-hydrogen) atoms. The Kier molecular flexibility index (Phi) is 8.61. The number of carbonyl (C=O) groups is 2. The van der Waals surface area contributed by atoms with Crippen LogP contribution in [0.1, 0.15) is 71.3 Å². The van der Waals surface area contributed by atoms with Gasteiger partial charge >= 0.3 is 0 Å². The summed E-state index contributed by atoms with van der Waals surface area (Å²) in [5, 5.41) is 9.68. The highest BCUT2D eigenvalue weighted by molar-refractivity contribution is 6.37. The van der Waals surface area contributed by atoms with Crippen LogP contribution in [-0.2, 0) is 11.3 Å². The molecule has 0 unspecified atom stereocenters. The van der Waals surface area contributed by atoms with Crippen molar-refractivity contribution < 1.29 is 9.59 Å². The second-order valence-corrected chi connectivity index (χ2v) is 11.2. The molecule has 3 aromatic carbocycles. The van der Waals surface area contributed by atoms with E-state index in [0.717, 1.165) is 42.9 Å². The number of benzene rings is 3. The van der Waals surface area contributed by atoms with E-state index in [9.17, 15) is 9.59 Å². The molecule has 7 nitrogen and oxygen atoms in total. The Hall–Kier alpha value is -4.75. The van der Waals surface area contributed by atoms with E-state index in [-0.39, 0.29) is 17.9 Å². The first-order valence-corrected chi connectivity index (χ1v) is 15.1. The topological polar surface area (TPSA) is 86.4 Å². The fourth-order valence-corrected chi connectivity index (χ4v) is 5.92. The Morgan fingerprint density at radius 2 is 1.65 bits per heavy atom. The number of likely N-dealkylation sites (tertiary alicyclic amines) is 1. The molecule has 0 aliphatic carbocycles. The number of anilines is 2. The highest BCUT2D eigenvalue weighted by Gasteiger charge is 2.30. The lowest BCUT2D eigenvalue weighted by Crippen LogP contribution is -2.29. The van der Waals surface area contributed by atoms with Crippen molar-refractivity contribution in [2.24, 2.45) is 0 Å². The first-order chi connectivity index (χ1) is 21.1. The highest BCUT2D eigenvalue weighted by Crippen LogP contribution is 2.38. The van der Waals surface area contributed by atoms with Crippen molar-refractivity contribution in [3.05, 3.63) is 125 Å². The van der Waals surface area contributed by atoms with Crippen LogP contribution in [-0.4, -0.2) is 34.8 Å². The predicted octanol–water partition coefficient (Wildman–Crippen LogP) is 6.88. The van der Waals surface area contributed by atoms with Gasteiger partial charge in [-0.25, -0.2) is 0 Å². The lowest BCUT2D eigenvalue weighted by atomic mass is 9.98. The number of rotatable bonds is 9. The standard InChI is InChI=1S/C36H37N5O2/c1-2-31(26-9-5-3-6-10-26)39-35(42)28-13-16-32-30(23-28)33(36(43)40-32)34(27-17-19-37-20-18-27)38-29-14-11-25(12-15-29)24-41-21-7-4-8-22-41/h3,5-6,9-20,23,31,38H,2,4,7-8,21-22,24H2,1H3,(H,39,42)(H,40,43)/b34-33-/t31-/m0/s1. The molecule has 3 heterocycles. The van der Waals surface area contributed by atoms with Crippen LogP contribution in [0.25, 0.3) is 11.3 Å². The Morgan fingerprint density at radius 3 is 2.37 bits per heavy atom. The summed E-state index contributed by atoms with van der Waals surface area (Å²) in [7, 11) is 0. The summed E-state index contributed by atoms with van der Waals surface area (Å²) in [6, 6.07) is 27.4. The van der Waals surface area contributed by atoms with Gasteiger partial charge in [-0.2, -0.15) is 0 Å². The van der Waals surface area contributed by atoms with Crippen LogP contribution in [0.15, 0.2) is 97.3 Å². The molecule has 1 fully saturated rings. The Labute approximate surface area is 253 Å². The maximum Gasteiger partial charge on any atom is 0.258 e. The minimum absolute atomic E-state index is 0.108. The zero-order chi connectivity index (χ0) is 29.6. The minimum Gasteiger partial charge on any atom is -0.354 e. The average Bonchev–Trinajstić information content (AvgIpc) is 3.39. The number of nitrogens with one attached hydrogen (secondary N) is 3. The van der Waals surface area contributed by atoms with Gasteiger partial charge in [0.15, 0.2) is 0 Å². The molecule has 218 valence electrons. The lowest BCUT2D eigenvalue weighted by Gasteiger charge is -2.26. The summed E-state index contributed by atoms with van der Waals surface area (Å²) >= 11 is 0. The number of hydrogen-bond donors (Lipinski definition) is 3. The van der Waals surface area contributed by atoms with E-state index >= 15 is 0 Å². The van der Waals surface area contributed by atoms with Crippen molar-refractivity contribution >= 4 is 34.5 Å². The van der Waals surface area contributed by atoms with Crippen molar-refractivity contribution in [1.82, 2.24) is 15.2 Å². The maximum atomic E-state index is 13.5. The molecule has 4 aromatic rings. The quantitative estimate of drug-likeness (QED) is 0.191. The predicted molar refractivity (Wildman–Crippen MR) is 172 cm³/mol. The van der Waals surface area contributed by atoms with Gasteiger partial charge in [-0.05, 0) is 85.9 Å². The molecule has 3 N–H and O–H groups in total. The summed E-state index contributed by atoms with van der Waals surface area (Å²) in [6.45, 7) is 5.30. The molecule has 0 radical (unpaired) electrons. The van der Waals surface area contributed by atoms with E-state index in [1.165, 1.54) is 24.8 Å². The molecule has 0 spiro atoms. The van der Waals surface area contributed by atoms with Gasteiger partial charge < -0.3 is 16.0 Å². The number of carbonyl (C=O) groups excluding carboxylic acids is 2. The van der Waals surface area contributed by atoms with E-state index in [1.807, 2.05) is 42.5 Å². The van der Waals surface area contributed by atoms with Crippen molar-refractivity contribution in [3.8, 4) is 0 Å². The number of fused-ring (bicyclic) bond motifs is 1. The van der Waals surface area contributed by atoms with Gasteiger partial charge in [0.05, 0.1) is 17.3 Å². The van der Waals surface area contributed by atoms with Gasteiger partial charge in [0, 0.05) is 47.0 Å². The van der Waals surface area contributed by atoms with E-state index in [1.54, 1.807) is 30.6 Å². The van der Waals surface area contributed by atoms with Gasteiger partial charge in [0.2, 0.25) is 0 Å². The Balaban J connectivity index is 1.31. The lowest BCUT2D eigenvalue weighted by molar-refractivity contribution is -0.110. The normalized spacial score (nSPS) is 16.6. The van der Waals surface area contributed by atoms with Crippen LogP contribution in [0.4, 0.5) is 11.4 Å². The molecule has 1 atom stereocenters. The summed E-state index contributed by atoms with van der Waals surface area (Å²) in [4.78, 5) is 33.6. The van der Waals surface area contributed by atoms with Gasteiger partial charge in [0.1, 0.15) is 0 Å². The van der Waals surface area contributed by atoms with Crippen LogP contribution in [0.2, 0.25) is 0 Å². The molecular formula is C36H37N5O2. The summed E-state index contributed by atoms with van der Waals surface area (Å²) in [5.41, 5.74) is 7.05. The number of piperidine rings is 1. The summed E-state index contributed by atoms with van der Waals surface area (Å²) in [5.74, 6) is -0.399. The largest absolute Gasteiger partial charge is 0.354 e. The van der Waals surface area contributed by atoms with Gasteiger partial charge in [0.25, 0.3) is 11.8 Å². The number of amides is 2. The Bertz CT molecular complexity index is 1610.